The Hall–Kier alpha value is -0.878. The van der Waals surface area contributed by atoms with Gasteiger partial charge in [-0.25, -0.2) is 0 Å². The minimum atomic E-state index is 0.765. The Bertz CT molecular complexity index is 328. The van der Waals surface area contributed by atoms with Gasteiger partial charge in [-0.15, -0.1) is 0 Å². The zero-order chi connectivity index (χ0) is 10.4. The van der Waals surface area contributed by atoms with Crippen molar-refractivity contribution >= 4 is 10.6 Å². The molecule has 1 rings (SSSR count). The van der Waals surface area contributed by atoms with Gasteiger partial charge in [-0.3, -0.25) is 0 Å². The molecular formula is C11H12CrO2. The molecule has 0 atom stereocenters. The molecule has 0 N–H and O–H groups in total. The van der Waals surface area contributed by atoms with Crippen LogP contribution in [0.25, 0.3) is 6.08 Å². The Morgan fingerprint density at radius 2 is 1.86 bits per heavy atom. The van der Waals surface area contributed by atoms with Gasteiger partial charge in [0.15, 0.2) is 0 Å². The van der Waals surface area contributed by atoms with Gasteiger partial charge >= 0.3 is 91.8 Å². The van der Waals surface area contributed by atoms with Crippen LogP contribution in [0, 0.1) is 0 Å². The van der Waals surface area contributed by atoms with Crippen molar-refractivity contribution in [1.29, 1.82) is 0 Å². The van der Waals surface area contributed by atoms with Gasteiger partial charge in [-0.2, -0.15) is 0 Å². The van der Waals surface area contributed by atoms with Gasteiger partial charge in [0, 0.05) is 0 Å². The van der Waals surface area contributed by atoms with E-state index < -0.39 is 0 Å². The molecule has 1 aromatic carbocycles. The summed E-state index contributed by atoms with van der Waals surface area (Å²) in [5.74, 6) is 0.862. The molecule has 0 radical (unpaired) electrons. The van der Waals surface area contributed by atoms with Crippen molar-refractivity contribution in [2.75, 3.05) is 14.2 Å². The maximum absolute atomic E-state index is 5.06. The van der Waals surface area contributed by atoms with Crippen LogP contribution in [0.4, 0.5) is 0 Å². The van der Waals surface area contributed by atoms with Crippen molar-refractivity contribution in [2.24, 2.45) is 0 Å². The van der Waals surface area contributed by atoms with Gasteiger partial charge < -0.3 is 0 Å². The maximum atomic E-state index is 5.06. The van der Waals surface area contributed by atoms with E-state index in [1.165, 1.54) is 0 Å². The van der Waals surface area contributed by atoms with Crippen LogP contribution in [0.15, 0.2) is 30.3 Å². The summed E-state index contributed by atoms with van der Waals surface area (Å²) in [7, 11) is 3.28. The molecule has 0 aliphatic carbocycles. The Labute approximate surface area is 92.1 Å². The number of ether oxygens (including phenoxy) is 2. The van der Waals surface area contributed by atoms with Crippen LogP contribution in [-0.4, -0.2) is 18.8 Å². The number of benzene rings is 1. The molecule has 0 aromatic heterocycles. The third kappa shape index (κ3) is 3.47. The summed E-state index contributed by atoms with van der Waals surface area (Å²) in [4.78, 5) is 0. The Balaban J connectivity index is 2.68. The third-order valence-electron chi connectivity index (χ3n) is 1.73. The molecular weight excluding hydrogens is 216 g/mol. The number of rotatable bonds is 4. The summed E-state index contributed by atoms with van der Waals surface area (Å²) >= 11 is 2.80. The van der Waals surface area contributed by atoms with E-state index in [-0.39, 0.29) is 0 Å². The third-order valence-corrected chi connectivity index (χ3v) is 2.20. The summed E-state index contributed by atoms with van der Waals surface area (Å²) in [5.41, 5.74) is 1.11. The summed E-state index contributed by atoms with van der Waals surface area (Å²) in [6.07, 6.45) is 3.84. The second-order valence-electron chi connectivity index (χ2n) is 2.63. The molecule has 0 unspecified atom stereocenters. The van der Waals surface area contributed by atoms with E-state index in [1.807, 2.05) is 36.4 Å². The fraction of sp³-hybridized carbons (Fsp3) is 0.182. The predicted octanol–water partition coefficient (Wildman–Crippen LogP) is 2.03. The molecule has 3 heteroatoms. The normalized spacial score (nSPS) is 10.4. The Morgan fingerprint density at radius 3 is 2.36 bits per heavy atom. The summed E-state index contributed by atoms with van der Waals surface area (Å²) in [6.45, 7) is 0. The van der Waals surface area contributed by atoms with Crippen molar-refractivity contribution in [2.45, 2.75) is 0 Å². The van der Waals surface area contributed by atoms with Gasteiger partial charge in [-0.1, -0.05) is 0 Å². The van der Waals surface area contributed by atoms with Crippen molar-refractivity contribution in [3.63, 3.8) is 0 Å². The number of hydrogen-bond donors (Lipinski definition) is 0. The fourth-order valence-electron chi connectivity index (χ4n) is 0.947. The summed E-state index contributed by atoms with van der Waals surface area (Å²) < 4.78 is 10.8. The predicted molar refractivity (Wildman–Crippen MR) is 54.0 cm³/mol. The SMILES string of the molecule is CO[C](=[Cr])/C=C/c1ccc(OC)cc1. The van der Waals surface area contributed by atoms with Crippen molar-refractivity contribution in [3.8, 4) is 5.75 Å². The van der Waals surface area contributed by atoms with Crippen molar-refractivity contribution < 1.29 is 25.3 Å². The van der Waals surface area contributed by atoms with Crippen LogP contribution in [0.3, 0.4) is 0 Å². The van der Waals surface area contributed by atoms with Gasteiger partial charge in [-0.05, 0) is 0 Å². The minimum absolute atomic E-state index is 0.765. The van der Waals surface area contributed by atoms with Crippen LogP contribution < -0.4 is 4.74 Å². The molecule has 0 saturated heterocycles. The Kier molecular flexibility index (Phi) is 4.61. The van der Waals surface area contributed by atoms with Gasteiger partial charge in [0.25, 0.3) is 0 Å². The quantitative estimate of drug-likeness (QED) is 0.785. The topological polar surface area (TPSA) is 18.5 Å². The molecule has 0 fully saturated rings. The Morgan fingerprint density at radius 1 is 1.21 bits per heavy atom. The van der Waals surface area contributed by atoms with Crippen molar-refractivity contribution in [3.05, 3.63) is 35.9 Å². The van der Waals surface area contributed by atoms with Gasteiger partial charge in [0.1, 0.15) is 0 Å². The molecule has 0 aliphatic heterocycles. The first-order chi connectivity index (χ1) is 6.76. The molecule has 0 aliphatic rings. The van der Waals surface area contributed by atoms with E-state index in [2.05, 4.69) is 15.9 Å². The molecule has 0 spiro atoms. The zero-order valence-corrected chi connectivity index (χ0v) is 9.46. The standard InChI is InChI=1S/C11H12O2.Cr/c1-12-9-3-4-10-5-7-11(13-2)8-6-10;/h3-8H,1-2H3;/b4-3+;. The molecule has 14 heavy (non-hydrogen) atoms. The average molecular weight is 228 g/mol. The van der Waals surface area contributed by atoms with E-state index in [0.29, 0.717) is 0 Å². The monoisotopic (exact) mass is 228 g/mol. The van der Waals surface area contributed by atoms with Crippen LogP contribution in [0.1, 0.15) is 5.56 Å². The number of methoxy groups -OCH3 is 2. The number of hydrogen-bond acceptors (Lipinski definition) is 2. The van der Waals surface area contributed by atoms with Crippen LogP contribution in [0.2, 0.25) is 0 Å². The molecule has 0 amide bonds. The first-order valence-electron chi connectivity index (χ1n) is 4.16. The van der Waals surface area contributed by atoms with E-state index in [9.17, 15) is 0 Å². The van der Waals surface area contributed by atoms with Crippen LogP contribution in [0.5, 0.6) is 5.75 Å². The molecule has 2 nitrogen and oxygen atoms in total. The van der Waals surface area contributed by atoms with E-state index >= 15 is 0 Å². The van der Waals surface area contributed by atoms with E-state index in [1.54, 1.807) is 14.2 Å². The molecule has 0 heterocycles. The summed E-state index contributed by atoms with van der Waals surface area (Å²) in [5, 5.41) is 0. The fourth-order valence-corrected chi connectivity index (χ4v) is 1.05. The first kappa shape index (κ1) is 11.2. The van der Waals surface area contributed by atoms with E-state index in [4.69, 9.17) is 9.47 Å². The second kappa shape index (κ2) is 5.77. The molecule has 0 bridgehead atoms. The molecule has 0 saturated carbocycles. The summed E-state index contributed by atoms with van der Waals surface area (Å²) in [6, 6.07) is 7.81. The van der Waals surface area contributed by atoms with E-state index in [0.717, 1.165) is 15.9 Å². The van der Waals surface area contributed by atoms with Crippen LogP contribution >= 0.6 is 0 Å². The van der Waals surface area contributed by atoms with Crippen LogP contribution in [-0.2, 0) is 20.6 Å². The second-order valence-corrected chi connectivity index (χ2v) is 3.26. The average Bonchev–Trinajstić information content (AvgIpc) is 2.26. The van der Waals surface area contributed by atoms with Crippen molar-refractivity contribution in [1.82, 2.24) is 0 Å². The molecule has 1 aromatic rings. The van der Waals surface area contributed by atoms with Gasteiger partial charge in [0.2, 0.25) is 0 Å². The van der Waals surface area contributed by atoms with Gasteiger partial charge in [0.05, 0.1) is 0 Å². The molecule has 74 valence electrons. The zero-order valence-electron chi connectivity index (χ0n) is 8.19. The first-order valence-corrected chi connectivity index (χ1v) is 4.80.